The van der Waals surface area contributed by atoms with Crippen molar-refractivity contribution >= 4 is 23.2 Å². The summed E-state index contributed by atoms with van der Waals surface area (Å²) in [6.45, 7) is 1.80. The van der Waals surface area contributed by atoms with E-state index in [1.54, 1.807) is 12.3 Å². The Balaban J connectivity index is 1.34. The van der Waals surface area contributed by atoms with Crippen LogP contribution in [0.2, 0.25) is 5.02 Å². The summed E-state index contributed by atoms with van der Waals surface area (Å²) in [5.74, 6) is 1.19. The Hall–Kier alpha value is -2.65. The van der Waals surface area contributed by atoms with E-state index in [0.29, 0.717) is 67.8 Å². The lowest BCUT2D eigenvalue weighted by Gasteiger charge is -2.33. The smallest absolute Gasteiger partial charge is 0.381 e. The van der Waals surface area contributed by atoms with Crippen molar-refractivity contribution < 1.29 is 23.0 Å². The fourth-order valence-corrected chi connectivity index (χ4v) is 5.01. The van der Waals surface area contributed by atoms with E-state index in [1.807, 2.05) is 18.2 Å². The normalized spacial score (nSPS) is 22.9. The van der Waals surface area contributed by atoms with Crippen molar-refractivity contribution in [1.82, 2.24) is 15.3 Å². The highest BCUT2D eigenvalue weighted by Crippen LogP contribution is 2.33. The molecular formula is C27H34ClF3N6O2. The molecule has 39 heavy (non-hydrogen) atoms. The van der Waals surface area contributed by atoms with Crippen LogP contribution in [0.25, 0.3) is 11.3 Å². The van der Waals surface area contributed by atoms with E-state index < -0.39 is 23.7 Å². The van der Waals surface area contributed by atoms with Gasteiger partial charge in [-0.05, 0) is 69.7 Å². The first kappa shape index (κ1) is 29.3. The van der Waals surface area contributed by atoms with E-state index in [4.69, 9.17) is 21.3 Å². The van der Waals surface area contributed by atoms with Crippen LogP contribution >= 0.6 is 11.6 Å². The highest BCUT2D eigenvalue weighted by molar-refractivity contribution is 6.33. The molecule has 8 nitrogen and oxygen atoms in total. The third kappa shape index (κ3) is 7.51. The van der Waals surface area contributed by atoms with Crippen LogP contribution in [0.15, 0.2) is 30.5 Å². The molecule has 0 amide bonds. The van der Waals surface area contributed by atoms with Gasteiger partial charge in [-0.2, -0.15) is 18.4 Å². The maximum absolute atomic E-state index is 12.9. The van der Waals surface area contributed by atoms with Gasteiger partial charge in [0.25, 0.3) is 0 Å². The molecule has 2 aromatic heterocycles. The van der Waals surface area contributed by atoms with Gasteiger partial charge in [0.15, 0.2) is 5.60 Å². The van der Waals surface area contributed by atoms with E-state index in [1.165, 1.54) is 0 Å². The van der Waals surface area contributed by atoms with Crippen LogP contribution in [-0.2, 0) is 4.74 Å². The number of anilines is 2. The Labute approximate surface area is 231 Å². The number of nitrogens with one attached hydrogen (secondary N) is 3. The minimum atomic E-state index is -4.67. The van der Waals surface area contributed by atoms with E-state index in [-0.39, 0.29) is 12.1 Å². The van der Waals surface area contributed by atoms with Gasteiger partial charge in [0.2, 0.25) is 0 Å². The number of nitriles is 1. The summed E-state index contributed by atoms with van der Waals surface area (Å²) in [5, 5.41) is 29.4. The molecule has 12 heteroatoms. The van der Waals surface area contributed by atoms with E-state index >= 15 is 0 Å². The average molecular weight is 567 g/mol. The average Bonchev–Trinajstić information content (AvgIpc) is 2.92. The number of ether oxygens (including phenoxy) is 1. The maximum Gasteiger partial charge on any atom is 0.418 e. The zero-order valence-corrected chi connectivity index (χ0v) is 22.6. The molecule has 0 radical (unpaired) electrons. The van der Waals surface area contributed by atoms with E-state index in [0.717, 1.165) is 25.3 Å². The molecule has 1 aliphatic carbocycles. The number of hydrogen-bond acceptors (Lipinski definition) is 8. The molecule has 4 rings (SSSR count). The molecule has 3 heterocycles. The summed E-state index contributed by atoms with van der Waals surface area (Å²) in [4.78, 5) is 9.13. The number of hydrogen-bond donors (Lipinski definition) is 4. The second-order valence-corrected chi connectivity index (χ2v) is 11.1. The Kier molecular flexibility index (Phi) is 9.21. The van der Waals surface area contributed by atoms with Crippen molar-refractivity contribution in [2.75, 3.05) is 36.9 Å². The van der Waals surface area contributed by atoms with Crippen molar-refractivity contribution in [3.63, 3.8) is 0 Å². The van der Waals surface area contributed by atoms with Gasteiger partial charge in [-0.1, -0.05) is 11.6 Å². The molecule has 4 N–H and O–H groups in total. The molecular weight excluding hydrogens is 533 g/mol. The fourth-order valence-electron chi connectivity index (χ4n) is 4.83. The first-order valence-corrected chi connectivity index (χ1v) is 13.5. The third-order valence-corrected chi connectivity index (χ3v) is 7.91. The van der Waals surface area contributed by atoms with Crippen LogP contribution < -0.4 is 16.0 Å². The number of halogens is 4. The zero-order valence-electron chi connectivity index (χ0n) is 21.8. The van der Waals surface area contributed by atoms with Gasteiger partial charge in [-0.3, -0.25) is 0 Å². The van der Waals surface area contributed by atoms with Gasteiger partial charge in [0.05, 0.1) is 22.2 Å². The van der Waals surface area contributed by atoms with Crippen molar-refractivity contribution in [2.45, 2.75) is 69.3 Å². The van der Waals surface area contributed by atoms with Crippen molar-refractivity contribution in [1.29, 1.82) is 5.26 Å². The lowest BCUT2D eigenvalue weighted by atomic mass is 9.82. The van der Waals surface area contributed by atoms with Crippen molar-refractivity contribution in [2.24, 2.45) is 5.41 Å². The summed E-state index contributed by atoms with van der Waals surface area (Å²) in [6.07, 6.45) is 1.23. The van der Waals surface area contributed by atoms with Gasteiger partial charge < -0.3 is 25.8 Å². The lowest BCUT2D eigenvalue weighted by Crippen LogP contribution is -2.52. The van der Waals surface area contributed by atoms with Crippen LogP contribution in [0.4, 0.5) is 24.8 Å². The first-order chi connectivity index (χ1) is 18.5. The summed E-state index contributed by atoms with van der Waals surface area (Å²) in [7, 11) is 0. The first-order valence-electron chi connectivity index (χ1n) is 13.2. The molecule has 1 saturated carbocycles. The molecule has 1 unspecified atom stereocenters. The largest absolute Gasteiger partial charge is 0.418 e. The Bertz CT molecular complexity index is 1160. The number of nitrogens with zero attached hydrogens (tertiary/aromatic N) is 3. The Morgan fingerprint density at radius 1 is 1.15 bits per heavy atom. The molecule has 1 aliphatic heterocycles. The highest BCUT2D eigenvalue weighted by atomic mass is 35.5. The Morgan fingerprint density at radius 3 is 2.51 bits per heavy atom. The van der Waals surface area contributed by atoms with Crippen LogP contribution in [-0.4, -0.2) is 65.2 Å². The number of alkyl halides is 3. The predicted octanol–water partition coefficient (Wildman–Crippen LogP) is 5.16. The summed E-state index contributed by atoms with van der Waals surface area (Å²) in [6, 6.07) is 9.84. The quantitative estimate of drug-likeness (QED) is 0.329. The van der Waals surface area contributed by atoms with E-state index in [9.17, 15) is 23.5 Å². The third-order valence-electron chi connectivity index (χ3n) is 7.61. The SMILES string of the molecule is CC(O)(CNC1CCC(Nc2cc(-c3ccc(Cl)c(NCC4(C#N)CCOCC4)n3)ccn2)CC1)C(F)(F)F. The summed E-state index contributed by atoms with van der Waals surface area (Å²) >= 11 is 6.40. The highest BCUT2D eigenvalue weighted by Gasteiger charge is 2.49. The predicted molar refractivity (Wildman–Crippen MR) is 143 cm³/mol. The van der Waals surface area contributed by atoms with Crippen LogP contribution in [0.1, 0.15) is 45.4 Å². The second-order valence-electron chi connectivity index (χ2n) is 10.7. The number of rotatable bonds is 9. The van der Waals surface area contributed by atoms with E-state index in [2.05, 4.69) is 27.0 Å². The van der Waals surface area contributed by atoms with Crippen molar-refractivity contribution in [3.05, 3.63) is 35.5 Å². The molecule has 2 fully saturated rings. The monoisotopic (exact) mass is 566 g/mol. The maximum atomic E-state index is 12.9. The van der Waals surface area contributed by atoms with Gasteiger partial charge >= 0.3 is 6.18 Å². The molecule has 0 aromatic carbocycles. The van der Waals surface area contributed by atoms with Gasteiger partial charge in [0.1, 0.15) is 11.6 Å². The summed E-state index contributed by atoms with van der Waals surface area (Å²) < 4.78 is 44.1. The molecule has 0 bridgehead atoms. The molecule has 0 spiro atoms. The van der Waals surface area contributed by atoms with Gasteiger partial charge in [-0.15, -0.1) is 0 Å². The summed E-state index contributed by atoms with van der Waals surface area (Å²) in [5.41, 5.74) is -1.72. The number of pyridine rings is 2. The lowest BCUT2D eigenvalue weighted by molar-refractivity contribution is -0.250. The fraction of sp³-hybridized carbons (Fsp3) is 0.593. The second kappa shape index (κ2) is 12.3. The molecule has 2 aromatic rings. The van der Waals surface area contributed by atoms with Crippen LogP contribution in [0, 0.1) is 16.7 Å². The standard InChI is InChI=1S/C27H34ClF3N6O2/c1-25(38,27(29,30)31)16-34-19-2-4-20(5-3-19)36-23-14-18(8-11-33-23)22-7-6-21(28)24(37-22)35-17-26(15-32)9-12-39-13-10-26/h6-8,11,14,19-20,34,38H,2-5,9-10,12-13,16-17H2,1H3,(H,33,36)(H,35,37). The van der Waals surface area contributed by atoms with Gasteiger partial charge in [-0.25, -0.2) is 9.97 Å². The van der Waals surface area contributed by atoms with Crippen LogP contribution in [0.5, 0.6) is 0 Å². The topological polar surface area (TPSA) is 115 Å². The molecule has 1 saturated heterocycles. The molecule has 2 aliphatic rings. The minimum absolute atomic E-state index is 0.0818. The number of aliphatic hydroxyl groups is 1. The number of aromatic nitrogens is 2. The van der Waals surface area contributed by atoms with Gasteiger partial charge in [0, 0.05) is 50.1 Å². The molecule has 212 valence electrons. The van der Waals surface area contributed by atoms with Crippen LogP contribution in [0.3, 0.4) is 0 Å². The zero-order chi connectivity index (χ0) is 28.1. The van der Waals surface area contributed by atoms with Crippen molar-refractivity contribution in [3.8, 4) is 17.3 Å². The molecule has 1 atom stereocenters. The minimum Gasteiger partial charge on any atom is -0.381 e. The Morgan fingerprint density at radius 2 is 1.85 bits per heavy atom.